The van der Waals surface area contributed by atoms with Crippen molar-refractivity contribution in [1.82, 2.24) is 9.80 Å². The van der Waals surface area contributed by atoms with Gasteiger partial charge in [-0.15, -0.1) is 0 Å². The zero-order valence-corrected chi connectivity index (χ0v) is 12.8. The van der Waals surface area contributed by atoms with Crippen molar-refractivity contribution in [1.29, 1.82) is 0 Å². The second kappa shape index (κ2) is 7.44. The van der Waals surface area contributed by atoms with Gasteiger partial charge in [0.1, 0.15) is 0 Å². The average Bonchev–Trinajstić information content (AvgIpc) is 2.47. The summed E-state index contributed by atoms with van der Waals surface area (Å²) in [6.07, 6.45) is -2.35. The minimum atomic E-state index is -4.31. The highest BCUT2D eigenvalue weighted by atomic mass is 19.4. The fraction of sp³-hybridized carbons (Fsp3) is 0.625. The molecule has 1 aromatic rings. The third kappa shape index (κ3) is 4.69. The van der Waals surface area contributed by atoms with Gasteiger partial charge in [0.05, 0.1) is 12.2 Å². The van der Waals surface area contributed by atoms with Crippen LogP contribution in [-0.2, 0) is 12.7 Å². The number of likely N-dealkylation sites (tertiary alicyclic amines) is 1. The van der Waals surface area contributed by atoms with E-state index in [1.165, 1.54) is 12.1 Å². The van der Waals surface area contributed by atoms with Crippen LogP contribution in [0.3, 0.4) is 0 Å². The largest absolute Gasteiger partial charge is 0.416 e. The summed E-state index contributed by atoms with van der Waals surface area (Å²) in [4.78, 5) is 4.35. The van der Waals surface area contributed by atoms with Crippen LogP contribution in [0.2, 0.25) is 0 Å². The average molecular weight is 316 g/mol. The Balaban J connectivity index is 2.07. The molecule has 0 spiro atoms. The smallest absolute Gasteiger partial charge is 0.395 e. The van der Waals surface area contributed by atoms with E-state index in [1.807, 2.05) is 0 Å². The van der Waals surface area contributed by atoms with E-state index in [9.17, 15) is 18.3 Å². The van der Waals surface area contributed by atoms with Crippen molar-refractivity contribution in [3.05, 3.63) is 35.4 Å². The Labute approximate surface area is 129 Å². The summed E-state index contributed by atoms with van der Waals surface area (Å²) in [6.45, 7) is 2.92. The van der Waals surface area contributed by atoms with Gasteiger partial charge in [-0.25, -0.2) is 0 Å². The SMILES string of the molecule is CN1CCC(N(CCO)Cc2cccc(C(F)(F)F)c2)CC1. The highest BCUT2D eigenvalue weighted by Crippen LogP contribution is 2.30. The Hall–Kier alpha value is -1.11. The minimum absolute atomic E-state index is 0.0191. The number of benzene rings is 1. The van der Waals surface area contributed by atoms with Gasteiger partial charge < -0.3 is 10.0 Å². The zero-order chi connectivity index (χ0) is 16.2. The number of piperidine rings is 1. The highest BCUT2D eigenvalue weighted by Gasteiger charge is 2.30. The first kappa shape index (κ1) is 17.2. The molecule has 0 amide bonds. The Morgan fingerprint density at radius 1 is 1.27 bits per heavy atom. The number of alkyl halides is 3. The maximum absolute atomic E-state index is 12.8. The first-order chi connectivity index (χ1) is 10.4. The van der Waals surface area contributed by atoms with Gasteiger partial charge in [0, 0.05) is 19.1 Å². The van der Waals surface area contributed by atoms with Gasteiger partial charge in [-0.05, 0) is 44.6 Å². The maximum Gasteiger partial charge on any atom is 0.416 e. The molecule has 1 heterocycles. The highest BCUT2D eigenvalue weighted by molar-refractivity contribution is 5.25. The topological polar surface area (TPSA) is 26.7 Å². The van der Waals surface area contributed by atoms with Crippen molar-refractivity contribution < 1.29 is 18.3 Å². The normalized spacial score (nSPS) is 18.1. The van der Waals surface area contributed by atoms with Crippen LogP contribution in [0.1, 0.15) is 24.0 Å². The number of hydrogen-bond acceptors (Lipinski definition) is 3. The fourth-order valence-corrected chi connectivity index (χ4v) is 2.96. The van der Waals surface area contributed by atoms with Crippen molar-refractivity contribution in [3.8, 4) is 0 Å². The molecule has 1 aliphatic heterocycles. The van der Waals surface area contributed by atoms with Crippen LogP contribution in [0.4, 0.5) is 13.2 Å². The number of nitrogens with zero attached hydrogens (tertiary/aromatic N) is 2. The molecule has 0 bridgehead atoms. The van der Waals surface area contributed by atoms with E-state index in [2.05, 4.69) is 16.8 Å². The van der Waals surface area contributed by atoms with E-state index in [1.54, 1.807) is 6.07 Å². The predicted molar refractivity (Wildman–Crippen MR) is 79.5 cm³/mol. The van der Waals surface area contributed by atoms with Crippen molar-refractivity contribution in [2.45, 2.75) is 31.6 Å². The molecule has 22 heavy (non-hydrogen) atoms. The van der Waals surface area contributed by atoms with Gasteiger partial charge in [-0.2, -0.15) is 13.2 Å². The minimum Gasteiger partial charge on any atom is -0.395 e. The Morgan fingerprint density at radius 2 is 1.95 bits per heavy atom. The molecule has 1 saturated heterocycles. The Morgan fingerprint density at radius 3 is 2.55 bits per heavy atom. The van der Waals surface area contributed by atoms with Crippen LogP contribution in [0.15, 0.2) is 24.3 Å². The fourth-order valence-electron chi connectivity index (χ4n) is 2.96. The monoisotopic (exact) mass is 316 g/mol. The lowest BCUT2D eigenvalue weighted by Gasteiger charge is -2.37. The van der Waals surface area contributed by atoms with Gasteiger partial charge in [0.25, 0.3) is 0 Å². The van der Waals surface area contributed by atoms with E-state index in [0.29, 0.717) is 24.7 Å². The lowest BCUT2D eigenvalue weighted by molar-refractivity contribution is -0.137. The Kier molecular flexibility index (Phi) is 5.83. The third-order valence-electron chi connectivity index (χ3n) is 4.23. The van der Waals surface area contributed by atoms with E-state index in [0.717, 1.165) is 32.0 Å². The number of aliphatic hydroxyl groups excluding tert-OH is 1. The predicted octanol–water partition coefficient (Wildman–Crippen LogP) is 2.59. The summed E-state index contributed by atoms with van der Waals surface area (Å²) in [5, 5.41) is 9.25. The molecule has 2 rings (SSSR count). The molecule has 1 aromatic carbocycles. The maximum atomic E-state index is 12.8. The van der Waals surface area contributed by atoms with Gasteiger partial charge >= 0.3 is 6.18 Å². The molecular formula is C16H23F3N2O. The quantitative estimate of drug-likeness (QED) is 0.904. The number of hydrogen-bond donors (Lipinski definition) is 1. The van der Waals surface area contributed by atoms with E-state index >= 15 is 0 Å². The van der Waals surface area contributed by atoms with Crippen LogP contribution in [0.5, 0.6) is 0 Å². The summed E-state index contributed by atoms with van der Waals surface area (Å²) in [5.41, 5.74) is 0.0273. The summed E-state index contributed by atoms with van der Waals surface area (Å²) < 4.78 is 38.4. The molecule has 6 heteroatoms. The van der Waals surface area contributed by atoms with E-state index < -0.39 is 11.7 Å². The lowest BCUT2D eigenvalue weighted by atomic mass is 10.0. The van der Waals surface area contributed by atoms with Crippen LogP contribution in [0, 0.1) is 0 Å². The number of aliphatic hydroxyl groups is 1. The molecule has 0 unspecified atom stereocenters. The first-order valence-electron chi connectivity index (χ1n) is 7.59. The molecular weight excluding hydrogens is 293 g/mol. The van der Waals surface area contributed by atoms with Crippen molar-refractivity contribution in [2.24, 2.45) is 0 Å². The molecule has 1 fully saturated rings. The zero-order valence-electron chi connectivity index (χ0n) is 12.8. The summed E-state index contributed by atoms with van der Waals surface area (Å²) in [6, 6.07) is 5.78. The summed E-state index contributed by atoms with van der Waals surface area (Å²) >= 11 is 0. The van der Waals surface area contributed by atoms with Gasteiger partial charge in [0.15, 0.2) is 0 Å². The number of halogens is 3. The van der Waals surface area contributed by atoms with Crippen LogP contribution >= 0.6 is 0 Å². The van der Waals surface area contributed by atoms with E-state index in [4.69, 9.17) is 0 Å². The third-order valence-corrected chi connectivity index (χ3v) is 4.23. The molecule has 1 N–H and O–H groups in total. The van der Waals surface area contributed by atoms with Gasteiger partial charge in [-0.1, -0.05) is 18.2 Å². The molecule has 124 valence electrons. The molecule has 0 atom stereocenters. The van der Waals surface area contributed by atoms with E-state index in [-0.39, 0.29) is 6.61 Å². The standard InChI is InChI=1S/C16H23F3N2O/c1-20-7-5-15(6-8-20)21(9-10-22)12-13-3-2-4-14(11-13)16(17,18)19/h2-4,11,15,22H,5-10,12H2,1H3. The summed E-state index contributed by atoms with van der Waals surface area (Å²) in [5.74, 6) is 0. The second-order valence-electron chi connectivity index (χ2n) is 5.93. The van der Waals surface area contributed by atoms with Crippen molar-refractivity contribution in [2.75, 3.05) is 33.3 Å². The number of rotatable bonds is 5. The van der Waals surface area contributed by atoms with Crippen LogP contribution < -0.4 is 0 Å². The molecule has 0 aromatic heterocycles. The van der Waals surface area contributed by atoms with Crippen LogP contribution in [-0.4, -0.2) is 54.2 Å². The molecule has 0 radical (unpaired) electrons. The first-order valence-corrected chi connectivity index (χ1v) is 7.59. The molecule has 3 nitrogen and oxygen atoms in total. The molecule has 1 aliphatic rings. The van der Waals surface area contributed by atoms with Crippen molar-refractivity contribution >= 4 is 0 Å². The summed E-state index contributed by atoms with van der Waals surface area (Å²) in [7, 11) is 2.07. The van der Waals surface area contributed by atoms with Crippen LogP contribution in [0.25, 0.3) is 0 Å². The molecule has 0 aliphatic carbocycles. The second-order valence-corrected chi connectivity index (χ2v) is 5.93. The molecule has 0 saturated carbocycles. The van der Waals surface area contributed by atoms with Gasteiger partial charge in [-0.3, -0.25) is 4.90 Å². The lowest BCUT2D eigenvalue weighted by Crippen LogP contribution is -2.44. The van der Waals surface area contributed by atoms with Crippen molar-refractivity contribution in [3.63, 3.8) is 0 Å². The van der Waals surface area contributed by atoms with Gasteiger partial charge in [0.2, 0.25) is 0 Å². The Bertz CT molecular complexity index is 471.